The average molecular weight is 328 g/mol. The molecule has 3 N–H and O–H groups in total. The van der Waals surface area contributed by atoms with Crippen LogP contribution >= 0.6 is 11.6 Å². The Bertz CT molecular complexity index is 572. The van der Waals surface area contributed by atoms with Crippen molar-refractivity contribution < 1.29 is 37.3 Å². The van der Waals surface area contributed by atoms with Crippen LogP contribution in [0, 0.1) is 0 Å². The normalized spacial score (nSPS) is 16.2. The summed E-state index contributed by atoms with van der Waals surface area (Å²) in [5.41, 5.74) is 4.22. The number of hydrogen-bond donors (Lipinski definition) is 2. The number of benzene rings is 1. The minimum Gasteiger partial charge on any atom is -0.478 e. The van der Waals surface area contributed by atoms with Gasteiger partial charge in [-0.05, 0) is 6.07 Å². The minimum atomic E-state index is -5.04. The molecular formula is C11H9ClF3NO5. The molecule has 1 fully saturated rings. The Kier molecular flexibility index (Phi) is 4.17. The lowest BCUT2D eigenvalue weighted by Gasteiger charge is -2.20. The van der Waals surface area contributed by atoms with Gasteiger partial charge in [0.15, 0.2) is 6.29 Å². The molecule has 0 aliphatic carbocycles. The van der Waals surface area contributed by atoms with Crippen LogP contribution in [0.5, 0.6) is 5.75 Å². The highest BCUT2D eigenvalue weighted by atomic mass is 35.5. The summed E-state index contributed by atoms with van der Waals surface area (Å²) in [6, 6.07) is 0.636. The van der Waals surface area contributed by atoms with E-state index in [-0.39, 0.29) is 18.8 Å². The number of halogens is 4. The van der Waals surface area contributed by atoms with E-state index in [1.54, 1.807) is 0 Å². The smallest absolute Gasteiger partial charge is 0.478 e. The van der Waals surface area contributed by atoms with Gasteiger partial charge in [0.2, 0.25) is 0 Å². The lowest BCUT2D eigenvalue weighted by molar-refractivity contribution is -0.275. The maximum absolute atomic E-state index is 12.4. The van der Waals surface area contributed by atoms with Crippen molar-refractivity contribution in [3.05, 3.63) is 22.2 Å². The first-order valence-corrected chi connectivity index (χ1v) is 5.92. The number of hydrogen-bond acceptors (Lipinski definition) is 5. The number of anilines is 1. The summed E-state index contributed by atoms with van der Waals surface area (Å²) in [7, 11) is 0. The molecule has 10 heteroatoms. The second kappa shape index (κ2) is 5.58. The molecule has 6 nitrogen and oxygen atoms in total. The van der Waals surface area contributed by atoms with Crippen LogP contribution in [0.25, 0.3) is 0 Å². The van der Waals surface area contributed by atoms with E-state index in [0.717, 1.165) is 0 Å². The molecule has 116 valence electrons. The van der Waals surface area contributed by atoms with Gasteiger partial charge in [0.25, 0.3) is 0 Å². The largest absolute Gasteiger partial charge is 0.573 e. The Morgan fingerprint density at radius 1 is 1.43 bits per heavy atom. The fraction of sp³-hybridized carbons (Fsp3) is 0.364. The van der Waals surface area contributed by atoms with E-state index >= 15 is 0 Å². The van der Waals surface area contributed by atoms with E-state index < -0.39 is 40.6 Å². The van der Waals surface area contributed by atoms with Crippen molar-refractivity contribution in [1.82, 2.24) is 0 Å². The van der Waals surface area contributed by atoms with E-state index in [2.05, 4.69) is 4.74 Å². The zero-order valence-electron chi connectivity index (χ0n) is 10.2. The Labute approximate surface area is 121 Å². The molecule has 21 heavy (non-hydrogen) atoms. The lowest BCUT2D eigenvalue weighted by Crippen LogP contribution is -2.20. The molecule has 0 atom stereocenters. The van der Waals surface area contributed by atoms with Crippen molar-refractivity contribution in [2.45, 2.75) is 12.7 Å². The number of carboxylic acid groups (broad SMARTS) is 1. The van der Waals surface area contributed by atoms with Crippen molar-refractivity contribution in [2.24, 2.45) is 0 Å². The van der Waals surface area contributed by atoms with Crippen molar-refractivity contribution in [3.8, 4) is 5.75 Å². The Balaban J connectivity index is 2.59. The van der Waals surface area contributed by atoms with Crippen LogP contribution in [0.1, 0.15) is 22.2 Å². The quantitative estimate of drug-likeness (QED) is 0.829. The number of aromatic carboxylic acids is 1. The van der Waals surface area contributed by atoms with Crippen LogP contribution < -0.4 is 10.5 Å². The third-order valence-electron chi connectivity index (χ3n) is 2.62. The van der Waals surface area contributed by atoms with Gasteiger partial charge in [-0.25, -0.2) is 4.79 Å². The molecule has 1 aliphatic rings. The highest BCUT2D eigenvalue weighted by Gasteiger charge is 2.36. The molecule has 2 rings (SSSR count). The van der Waals surface area contributed by atoms with Crippen molar-refractivity contribution in [2.75, 3.05) is 18.9 Å². The summed E-state index contributed by atoms with van der Waals surface area (Å²) < 4.78 is 51.3. The topological polar surface area (TPSA) is 91.0 Å². The van der Waals surface area contributed by atoms with Gasteiger partial charge < -0.3 is 25.1 Å². The molecule has 1 heterocycles. The molecule has 1 aromatic carbocycles. The van der Waals surface area contributed by atoms with Gasteiger partial charge in [0, 0.05) is 0 Å². The Morgan fingerprint density at radius 2 is 2.00 bits per heavy atom. The minimum absolute atomic E-state index is 0.146. The number of carboxylic acids is 1. The summed E-state index contributed by atoms with van der Waals surface area (Å²) in [6.07, 6.45) is -6.25. The molecule has 1 aliphatic heterocycles. The third kappa shape index (κ3) is 3.31. The summed E-state index contributed by atoms with van der Waals surface area (Å²) in [6.45, 7) is 0.292. The molecule has 0 radical (unpaired) electrons. The predicted molar refractivity (Wildman–Crippen MR) is 64.2 cm³/mol. The SMILES string of the molecule is Nc1c(C(=O)O)cc(OC(F)(F)F)c(C2OCCO2)c1Cl. The standard InChI is InChI=1S/C11H9ClF3NO5/c12-7-6(10-19-1-2-20-10)5(21-11(13,14)15)3-4(8(7)16)9(17)18/h3,10H,1-2,16H2,(H,17,18). The molecule has 0 amide bonds. The van der Waals surface area contributed by atoms with E-state index in [9.17, 15) is 18.0 Å². The van der Waals surface area contributed by atoms with Gasteiger partial charge in [-0.2, -0.15) is 0 Å². The lowest BCUT2D eigenvalue weighted by atomic mass is 10.1. The molecule has 1 saturated heterocycles. The fourth-order valence-corrected chi connectivity index (χ4v) is 2.07. The molecule has 1 aromatic rings. The second-order valence-corrected chi connectivity index (χ2v) is 4.37. The van der Waals surface area contributed by atoms with Gasteiger partial charge in [-0.15, -0.1) is 13.2 Å². The fourth-order valence-electron chi connectivity index (χ4n) is 1.79. The van der Waals surface area contributed by atoms with Crippen LogP contribution in [0.4, 0.5) is 18.9 Å². The van der Waals surface area contributed by atoms with Gasteiger partial charge in [0.1, 0.15) is 5.75 Å². The van der Waals surface area contributed by atoms with Gasteiger partial charge in [-0.1, -0.05) is 11.6 Å². The molecule has 0 saturated carbocycles. The van der Waals surface area contributed by atoms with Gasteiger partial charge in [0.05, 0.1) is 35.1 Å². The zero-order chi connectivity index (χ0) is 15.8. The second-order valence-electron chi connectivity index (χ2n) is 3.99. The first-order valence-electron chi connectivity index (χ1n) is 5.55. The molecule has 0 bridgehead atoms. The number of rotatable bonds is 3. The maximum atomic E-state index is 12.4. The average Bonchev–Trinajstić information content (AvgIpc) is 2.85. The first-order chi connectivity index (χ1) is 9.70. The van der Waals surface area contributed by atoms with Crippen LogP contribution in [0.2, 0.25) is 5.02 Å². The summed E-state index contributed by atoms with van der Waals surface area (Å²) in [4.78, 5) is 11.0. The Hall–Kier alpha value is -1.71. The van der Waals surface area contributed by atoms with Crippen molar-refractivity contribution in [1.29, 1.82) is 0 Å². The van der Waals surface area contributed by atoms with Gasteiger partial charge >= 0.3 is 12.3 Å². The van der Waals surface area contributed by atoms with E-state index in [1.165, 1.54) is 0 Å². The monoisotopic (exact) mass is 327 g/mol. The molecule has 0 unspecified atom stereocenters. The zero-order valence-corrected chi connectivity index (χ0v) is 11.0. The van der Waals surface area contributed by atoms with Crippen LogP contribution in [0.15, 0.2) is 6.07 Å². The first kappa shape index (κ1) is 15.7. The van der Waals surface area contributed by atoms with Crippen LogP contribution in [-0.4, -0.2) is 30.7 Å². The number of nitrogens with two attached hydrogens (primary N) is 1. The van der Waals surface area contributed by atoms with E-state index in [4.69, 9.17) is 31.9 Å². The Morgan fingerprint density at radius 3 is 2.48 bits per heavy atom. The number of carbonyl (C=O) groups is 1. The van der Waals surface area contributed by atoms with E-state index in [1.807, 2.05) is 0 Å². The molecule has 0 spiro atoms. The number of alkyl halides is 3. The summed E-state index contributed by atoms with van der Waals surface area (Å²) in [5, 5.41) is 8.52. The number of ether oxygens (including phenoxy) is 3. The highest BCUT2D eigenvalue weighted by molar-refractivity contribution is 6.35. The molecular weight excluding hydrogens is 319 g/mol. The predicted octanol–water partition coefficient (Wildman–Crippen LogP) is 2.56. The maximum Gasteiger partial charge on any atom is 0.573 e. The van der Waals surface area contributed by atoms with Crippen LogP contribution in [0.3, 0.4) is 0 Å². The highest BCUT2D eigenvalue weighted by Crippen LogP contribution is 2.43. The number of nitrogen functional groups attached to an aromatic ring is 1. The van der Waals surface area contributed by atoms with Gasteiger partial charge in [-0.3, -0.25) is 0 Å². The summed E-state index contributed by atoms with van der Waals surface area (Å²) >= 11 is 5.86. The van der Waals surface area contributed by atoms with Crippen molar-refractivity contribution >= 4 is 23.3 Å². The van der Waals surface area contributed by atoms with Crippen molar-refractivity contribution in [3.63, 3.8) is 0 Å². The van der Waals surface area contributed by atoms with Crippen LogP contribution in [-0.2, 0) is 9.47 Å². The third-order valence-corrected chi connectivity index (χ3v) is 3.02. The van der Waals surface area contributed by atoms with E-state index in [0.29, 0.717) is 6.07 Å². The molecule has 0 aromatic heterocycles. The summed E-state index contributed by atoms with van der Waals surface area (Å²) in [5.74, 6) is -2.37.